The summed E-state index contributed by atoms with van der Waals surface area (Å²) < 4.78 is 28.4. The third-order valence-electron chi connectivity index (χ3n) is 6.36. The average Bonchev–Trinajstić information content (AvgIpc) is 3.40. The van der Waals surface area contributed by atoms with Gasteiger partial charge in [-0.2, -0.15) is 0 Å². The number of rotatable bonds is 6. The highest BCUT2D eigenvalue weighted by molar-refractivity contribution is 7.89. The normalized spacial score (nSPS) is 23.5. The van der Waals surface area contributed by atoms with Gasteiger partial charge in [0.2, 0.25) is 5.91 Å². The predicted octanol–water partition coefficient (Wildman–Crippen LogP) is 2.31. The summed E-state index contributed by atoms with van der Waals surface area (Å²) >= 11 is 0. The Labute approximate surface area is 189 Å². The summed E-state index contributed by atoms with van der Waals surface area (Å²) in [5.41, 5.74) is 1.89. The highest BCUT2D eigenvalue weighted by atomic mass is 32.2. The SMILES string of the molecule is Cc1ccc(S(=O)(=O)N(C(=O)C2CCCN2)[C@@H]2CN(Cc3ccccc3)C(=O)[C@@H]2C)cc1. The summed E-state index contributed by atoms with van der Waals surface area (Å²) in [7, 11) is -4.13. The molecule has 0 aliphatic carbocycles. The number of hydrogen-bond donors (Lipinski definition) is 1. The van der Waals surface area contributed by atoms with Gasteiger partial charge in [0.1, 0.15) is 0 Å². The Morgan fingerprint density at radius 1 is 1.12 bits per heavy atom. The van der Waals surface area contributed by atoms with Crippen LogP contribution in [0.15, 0.2) is 59.5 Å². The van der Waals surface area contributed by atoms with Crippen LogP contribution in [0.1, 0.15) is 30.9 Å². The number of nitrogens with zero attached hydrogens (tertiary/aromatic N) is 2. The van der Waals surface area contributed by atoms with Gasteiger partial charge < -0.3 is 10.2 Å². The Bertz CT molecular complexity index is 1080. The van der Waals surface area contributed by atoms with Gasteiger partial charge in [-0.15, -0.1) is 0 Å². The van der Waals surface area contributed by atoms with Crippen molar-refractivity contribution in [3.63, 3.8) is 0 Å². The first-order valence-corrected chi connectivity index (χ1v) is 12.4. The number of benzene rings is 2. The quantitative estimate of drug-likeness (QED) is 0.722. The molecular weight excluding hydrogens is 426 g/mol. The van der Waals surface area contributed by atoms with Crippen LogP contribution in [-0.2, 0) is 26.2 Å². The van der Waals surface area contributed by atoms with Gasteiger partial charge in [-0.1, -0.05) is 55.0 Å². The molecule has 0 spiro atoms. The van der Waals surface area contributed by atoms with E-state index in [2.05, 4.69) is 5.32 Å². The molecule has 1 N–H and O–H groups in total. The van der Waals surface area contributed by atoms with E-state index in [4.69, 9.17) is 0 Å². The average molecular weight is 456 g/mol. The molecule has 2 heterocycles. The molecule has 0 saturated carbocycles. The molecule has 2 fully saturated rings. The van der Waals surface area contributed by atoms with Crippen molar-refractivity contribution in [1.82, 2.24) is 14.5 Å². The fourth-order valence-electron chi connectivity index (χ4n) is 4.48. The number of sulfonamides is 1. The maximum Gasteiger partial charge on any atom is 0.266 e. The first-order valence-electron chi connectivity index (χ1n) is 11.0. The third kappa shape index (κ3) is 4.29. The van der Waals surface area contributed by atoms with Crippen LogP contribution in [0, 0.1) is 12.8 Å². The van der Waals surface area contributed by atoms with Crippen molar-refractivity contribution < 1.29 is 18.0 Å². The van der Waals surface area contributed by atoms with Gasteiger partial charge in [-0.3, -0.25) is 9.59 Å². The summed E-state index contributed by atoms with van der Waals surface area (Å²) in [6.45, 7) is 4.83. The summed E-state index contributed by atoms with van der Waals surface area (Å²) in [6.07, 6.45) is 1.40. The number of amides is 2. The minimum atomic E-state index is -4.13. The van der Waals surface area contributed by atoms with E-state index in [0.717, 1.165) is 21.9 Å². The maximum absolute atomic E-state index is 13.7. The van der Waals surface area contributed by atoms with E-state index < -0.39 is 33.9 Å². The molecule has 2 aromatic rings. The maximum atomic E-state index is 13.7. The van der Waals surface area contributed by atoms with E-state index in [-0.39, 0.29) is 17.3 Å². The van der Waals surface area contributed by atoms with Gasteiger partial charge in [0.15, 0.2) is 0 Å². The molecule has 32 heavy (non-hydrogen) atoms. The van der Waals surface area contributed by atoms with Crippen LogP contribution in [0.5, 0.6) is 0 Å². The fraction of sp³-hybridized carbons (Fsp3) is 0.417. The minimum absolute atomic E-state index is 0.0654. The van der Waals surface area contributed by atoms with Crippen molar-refractivity contribution in [2.45, 2.75) is 50.2 Å². The molecule has 170 valence electrons. The van der Waals surface area contributed by atoms with Crippen molar-refractivity contribution >= 4 is 21.8 Å². The second-order valence-corrected chi connectivity index (χ2v) is 10.5. The van der Waals surface area contributed by atoms with Crippen LogP contribution in [0.3, 0.4) is 0 Å². The summed E-state index contributed by atoms with van der Waals surface area (Å²) in [5.74, 6) is -1.24. The smallest absolute Gasteiger partial charge is 0.266 e. The Morgan fingerprint density at radius 3 is 2.44 bits per heavy atom. The van der Waals surface area contributed by atoms with Gasteiger partial charge in [-0.05, 0) is 44.0 Å². The van der Waals surface area contributed by atoms with Crippen molar-refractivity contribution in [2.24, 2.45) is 5.92 Å². The zero-order chi connectivity index (χ0) is 22.9. The number of carbonyl (C=O) groups excluding carboxylic acids is 2. The van der Waals surface area contributed by atoms with Crippen molar-refractivity contribution in [3.8, 4) is 0 Å². The number of aryl methyl sites for hydroxylation is 1. The lowest BCUT2D eigenvalue weighted by molar-refractivity contribution is -0.131. The molecule has 2 aliphatic rings. The lowest BCUT2D eigenvalue weighted by atomic mass is 10.1. The summed E-state index contributed by atoms with van der Waals surface area (Å²) in [4.78, 5) is 28.3. The predicted molar refractivity (Wildman–Crippen MR) is 121 cm³/mol. The van der Waals surface area contributed by atoms with E-state index in [9.17, 15) is 18.0 Å². The Balaban J connectivity index is 1.68. The van der Waals surface area contributed by atoms with E-state index >= 15 is 0 Å². The number of carbonyl (C=O) groups is 2. The Morgan fingerprint density at radius 2 is 1.81 bits per heavy atom. The van der Waals surface area contributed by atoms with Crippen molar-refractivity contribution in [1.29, 1.82) is 0 Å². The molecule has 2 aromatic carbocycles. The van der Waals surface area contributed by atoms with Crippen LogP contribution in [-0.4, -0.2) is 54.6 Å². The molecule has 1 unspecified atom stereocenters. The largest absolute Gasteiger partial charge is 0.336 e. The van der Waals surface area contributed by atoms with Crippen LogP contribution in [0.4, 0.5) is 0 Å². The monoisotopic (exact) mass is 455 g/mol. The highest BCUT2D eigenvalue weighted by Gasteiger charge is 2.48. The van der Waals surface area contributed by atoms with Crippen LogP contribution < -0.4 is 5.32 Å². The van der Waals surface area contributed by atoms with Crippen molar-refractivity contribution in [3.05, 3.63) is 65.7 Å². The second-order valence-electron chi connectivity index (χ2n) is 8.66. The summed E-state index contributed by atoms with van der Waals surface area (Å²) in [6, 6.07) is 14.7. The van der Waals surface area contributed by atoms with E-state index in [1.54, 1.807) is 24.0 Å². The van der Waals surface area contributed by atoms with Crippen molar-refractivity contribution in [2.75, 3.05) is 13.1 Å². The molecule has 8 heteroatoms. The van der Waals surface area contributed by atoms with Gasteiger partial charge in [0.05, 0.1) is 22.9 Å². The molecular formula is C24H29N3O4S. The third-order valence-corrected chi connectivity index (χ3v) is 8.19. The van der Waals surface area contributed by atoms with Gasteiger partial charge in [0.25, 0.3) is 15.9 Å². The standard InChI is InChI=1S/C24H29N3O4S/c1-17-10-12-20(13-11-17)32(30,31)27(24(29)21-9-6-14-25-21)22-16-26(23(28)18(22)2)15-19-7-4-3-5-8-19/h3-5,7-8,10-13,18,21-22,25H,6,9,14-16H2,1-2H3/t18-,21?,22-/m1/s1. The van der Waals surface area contributed by atoms with E-state index in [0.29, 0.717) is 19.5 Å². The molecule has 7 nitrogen and oxygen atoms in total. The first-order chi connectivity index (χ1) is 15.3. The second kappa shape index (κ2) is 9.03. The van der Waals surface area contributed by atoms with E-state index in [1.807, 2.05) is 37.3 Å². The zero-order valence-electron chi connectivity index (χ0n) is 18.4. The molecule has 4 rings (SSSR count). The summed E-state index contributed by atoms with van der Waals surface area (Å²) in [5, 5.41) is 3.12. The Hall–Kier alpha value is -2.71. The van der Waals surface area contributed by atoms with Gasteiger partial charge in [0, 0.05) is 13.1 Å². The van der Waals surface area contributed by atoms with E-state index in [1.165, 1.54) is 12.1 Å². The van der Waals surface area contributed by atoms with Gasteiger partial charge >= 0.3 is 0 Å². The molecule has 2 amide bonds. The number of hydrogen-bond acceptors (Lipinski definition) is 5. The first kappa shape index (κ1) is 22.5. The lowest BCUT2D eigenvalue weighted by Gasteiger charge is -2.32. The minimum Gasteiger partial charge on any atom is -0.336 e. The molecule has 2 saturated heterocycles. The molecule has 0 radical (unpaired) electrons. The van der Waals surface area contributed by atoms with Crippen LogP contribution >= 0.6 is 0 Å². The number of likely N-dealkylation sites (tertiary alicyclic amines) is 1. The molecule has 0 bridgehead atoms. The Kier molecular flexibility index (Phi) is 6.35. The molecule has 0 aromatic heterocycles. The van der Waals surface area contributed by atoms with Gasteiger partial charge in [-0.25, -0.2) is 12.7 Å². The van der Waals surface area contributed by atoms with Crippen LogP contribution in [0.2, 0.25) is 0 Å². The lowest BCUT2D eigenvalue weighted by Crippen LogP contribution is -2.53. The molecule has 2 aliphatic heterocycles. The highest BCUT2D eigenvalue weighted by Crippen LogP contribution is 2.31. The van der Waals surface area contributed by atoms with Crippen LogP contribution in [0.25, 0.3) is 0 Å². The zero-order valence-corrected chi connectivity index (χ0v) is 19.2. The fourth-order valence-corrected chi connectivity index (χ4v) is 6.16. The topological polar surface area (TPSA) is 86.8 Å². The number of nitrogens with one attached hydrogen (secondary N) is 1. The molecule has 3 atom stereocenters.